The summed E-state index contributed by atoms with van der Waals surface area (Å²) in [5.74, 6) is -0.277. The number of methoxy groups -OCH3 is 2. The van der Waals surface area contributed by atoms with E-state index in [1.54, 1.807) is 43.5 Å². The Morgan fingerprint density at radius 3 is 2.56 bits per heavy atom. The highest BCUT2D eigenvalue weighted by atomic mass is 79.9. The van der Waals surface area contributed by atoms with E-state index in [9.17, 15) is 9.59 Å². The van der Waals surface area contributed by atoms with Crippen LogP contribution in [0.1, 0.15) is 20.8 Å². The Labute approximate surface area is 152 Å². The van der Waals surface area contributed by atoms with Gasteiger partial charge in [0.05, 0.1) is 31.0 Å². The van der Waals surface area contributed by atoms with Crippen LogP contribution in [0.15, 0.2) is 46.9 Å². The number of hydrogen-bond acceptors (Lipinski definition) is 4. The molecular weight excluding hydrogens is 388 g/mol. The van der Waals surface area contributed by atoms with Crippen LogP contribution in [-0.4, -0.2) is 31.1 Å². The molecule has 0 radical (unpaired) electrons. The summed E-state index contributed by atoms with van der Waals surface area (Å²) in [6.45, 7) is 0. The number of esters is 1. The van der Waals surface area contributed by atoms with Crippen molar-refractivity contribution in [3.05, 3.63) is 58.2 Å². The van der Waals surface area contributed by atoms with Gasteiger partial charge in [-0.2, -0.15) is 0 Å². The normalized spacial score (nSPS) is 10.5. The van der Waals surface area contributed by atoms with Crippen LogP contribution in [-0.2, 0) is 4.74 Å². The van der Waals surface area contributed by atoms with Crippen molar-refractivity contribution in [2.45, 2.75) is 0 Å². The van der Waals surface area contributed by atoms with Gasteiger partial charge in [0.25, 0.3) is 5.91 Å². The van der Waals surface area contributed by atoms with Crippen LogP contribution in [0.25, 0.3) is 10.9 Å². The number of carbonyl (C=O) groups is 2. The van der Waals surface area contributed by atoms with Gasteiger partial charge < -0.3 is 19.8 Å². The minimum Gasteiger partial charge on any atom is -0.497 e. The summed E-state index contributed by atoms with van der Waals surface area (Å²) in [6, 6.07) is 12.3. The molecule has 0 spiro atoms. The van der Waals surface area contributed by atoms with Crippen molar-refractivity contribution >= 4 is 44.4 Å². The molecule has 3 aromatic rings. The van der Waals surface area contributed by atoms with Crippen LogP contribution in [0.4, 0.5) is 5.69 Å². The first-order valence-corrected chi connectivity index (χ1v) is 8.18. The first-order chi connectivity index (χ1) is 12.0. The molecule has 0 aliphatic rings. The molecule has 6 nitrogen and oxygen atoms in total. The number of amides is 1. The number of aromatic nitrogens is 1. The molecular formula is C18H15BrN2O4. The summed E-state index contributed by atoms with van der Waals surface area (Å²) < 4.78 is 10.7. The molecule has 0 aliphatic carbocycles. The minimum atomic E-state index is -0.572. The Morgan fingerprint density at radius 1 is 1.12 bits per heavy atom. The molecule has 0 bridgehead atoms. The van der Waals surface area contributed by atoms with Crippen LogP contribution in [0.3, 0.4) is 0 Å². The molecule has 0 atom stereocenters. The highest BCUT2D eigenvalue weighted by Gasteiger charge is 2.21. The summed E-state index contributed by atoms with van der Waals surface area (Å²) in [6.07, 6.45) is 0. The lowest BCUT2D eigenvalue weighted by Crippen LogP contribution is -2.15. The van der Waals surface area contributed by atoms with Crippen molar-refractivity contribution in [1.29, 1.82) is 0 Å². The predicted molar refractivity (Wildman–Crippen MR) is 98.3 cm³/mol. The maximum Gasteiger partial charge on any atom is 0.356 e. The fourth-order valence-corrected chi connectivity index (χ4v) is 2.98. The smallest absolute Gasteiger partial charge is 0.356 e. The third-order valence-electron chi connectivity index (χ3n) is 3.75. The Morgan fingerprint density at radius 2 is 1.88 bits per heavy atom. The van der Waals surface area contributed by atoms with Crippen LogP contribution in [0.5, 0.6) is 5.75 Å². The van der Waals surface area contributed by atoms with Gasteiger partial charge in [-0.1, -0.05) is 12.1 Å². The monoisotopic (exact) mass is 402 g/mol. The maximum atomic E-state index is 12.6. The second-order valence-electron chi connectivity index (χ2n) is 5.21. The van der Waals surface area contributed by atoms with Gasteiger partial charge in [0.2, 0.25) is 0 Å². The van der Waals surface area contributed by atoms with Gasteiger partial charge >= 0.3 is 5.97 Å². The van der Waals surface area contributed by atoms with Gasteiger partial charge in [-0.25, -0.2) is 4.79 Å². The molecule has 1 amide bonds. The van der Waals surface area contributed by atoms with Gasteiger partial charge in [-0.3, -0.25) is 4.79 Å². The average Bonchev–Trinajstić information content (AvgIpc) is 2.98. The molecule has 3 rings (SSSR count). The second-order valence-corrected chi connectivity index (χ2v) is 6.07. The number of rotatable bonds is 4. The standard InChI is InChI=1S/C18H15BrN2O4/c1-24-10-7-8-12-14(9-10)20-16(18(23)25-2)15(12)21-17(22)11-5-3-4-6-13(11)19/h3-9,20H,1-2H3,(H,21,22). The van der Waals surface area contributed by atoms with E-state index < -0.39 is 5.97 Å². The third kappa shape index (κ3) is 3.23. The molecule has 0 saturated carbocycles. The first kappa shape index (κ1) is 17.0. The minimum absolute atomic E-state index is 0.172. The van der Waals surface area contributed by atoms with Crippen LogP contribution < -0.4 is 10.1 Å². The van der Waals surface area contributed by atoms with Crippen molar-refractivity contribution in [3.63, 3.8) is 0 Å². The van der Waals surface area contributed by atoms with Crippen LogP contribution in [0.2, 0.25) is 0 Å². The van der Waals surface area contributed by atoms with E-state index in [1.807, 2.05) is 6.07 Å². The molecule has 0 unspecified atom stereocenters. The van der Waals surface area contributed by atoms with E-state index in [4.69, 9.17) is 9.47 Å². The summed E-state index contributed by atoms with van der Waals surface area (Å²) in [4.78, 5) is 27.7. The van der Waals surface area contributed by atoms with Gasteiger partial charge in [0.1, 0.15) is 11.4 Å². The van der Waals surface area contributed by atoms with Crippen molar-refractivity contribution in [1.82, 2.24) is 4.98 Å². The lowest BCUT2D eigenvalue weighted by Gasteiger charge is -2.08. The van der Waals surface area contributed by atoms with Gasteiger partial charge in [-0.05, 0) is 40.2 Å². The van der Waals surface area contributed by atoms with Gasteiger partial charge in [0, 0.05) is 15.9 Å². The predicted octanol–water partition coefficient (Wildman–Crippen LogP) is 3.98. The Hall–Kier alpha value is -2.80. The summed E-state index contributed by atoms with van der Waals surface area (Å²) in [5.41, 5.74) is 1.65. The SMILES string of the molecule is COC(=O)c1[nH]c2cc(OC)ccc2c1NC(=O)c1ccccc1Br. The van der Waals surface area contributed by atoms with Crippen LogP contribution >= 0.6 is 15.9 Å². The fraction of sp³-hybridized carbons (Fsp3) is 0.111. The molecule has 2 aromatic carbocycles. The molecule has 2 N–H and O–H groups in total. The van der Waals surface area contributed by atoms with Gasteiger partial charge in [-0.15, -0.1) is 0 Å². The molecule has 128 valence electrons. The topological polar surface area (TPSA) is 80.4 Å². The third-order valence-corrected chi connectivity index (χ3v) is 4.44. The van der Waals surface area contributed by atoms with E-state index in [1.165, 1.54) is 7.11 Å². The molecule has 25 heavy (non-hydrogen) atoms. The van der Waals surface area contributed by atoms with E-state index in [0.717, 1.165) is 0 Å². The Kier molecular flexibility index (Phi) is 4.76. The quantitative estimate of drug-likeness (QED) is 0.646. The number of hydrogen-bond donors (Lipinski definition) is 2. The molecule has 0 fully saturated rings. The molecule has 1 heterocycles. The number of aromatic amines is 1. The number of benzene rings is 2. The van der Waals surface area contributed by atoms with E-state index >= 15 is 0 Å². The number of nitrogens with one attached hydrogen (secondary N) is 2. The number of halogens is 1. The zero-order valence-electron chi connectivity index (χ0n) is 13.6. The second kappa shape index (κ2) is 6.98. The van der Waals surface area contributed by atoms with E-state index in [-0.39, 0.29) is 11.6 Å². The lowest BCUT2D eigenvalue weighted by molar-refractivity contribution is 0.0596. The Bertz CT molecular complexity index is 965. The number of fused-ring (bicyclic) bond motifs is 1. The van der Waals surface area contributed by atoms with Crippen molar-refractivity contribution in [3.8, 4) is 5.75 Å². The van der Waals surface area contributed by atoms with Crippen molar-refractivity contribution < 1.29 is 19.1 Å². The largest absolute Gasteiger partial charge is 0.497 e. The molecule has 7 heteroatoms. The number of carbonyl (C=O) groups excluding carboxylic acids is 2. The zero-order chi connectivity index (χ0) is 18.0. The summed E-state index contributed by atoms with van der Waals surface area (Å²) >= 11 is 3.35. The fourth-order valence-electron chi connectivity index (χ4n) is 2.51. The number of ether oxygens (including phenoxy) is 2. The van der Waals surface area contributed by atoms with Crippen LogP contribution in [0, 0.1) is 0 Å². The number of anilines is 1. The molecule has 0 aliphatic heterocycles. The van der Waals surface area contributed by atoms with Crippen molar-refractivity contribution in [2.75, 3.05) is 19.5 Å². The summed E-state index contributed by atoms with van der Waals surface area (Å²) in [7, 11) is 2.84. The highest BCUT2D eigenvalue weighted by Crippen LogP contribution is 2.31. The Balaban J connectivity index is 2.08. The number of H-pyrrole nitrogens is 1. The molecule has 1 aromatic heterocycles. The van der Waals surface area contributed by atoms with E-state index in [0.29, 0.717) is 32.4 Å². The highest BCUT2D eigenvalue weighted by molar-refractivity contribution is 9.10. The van der Waals surface area contributed by atoms with E-state index in [2.05, 4.69) is 26.2 Å². The molecule has 0 saturated heterocycles. The first-order valence-electron chi connectivity index (χ1n) is 7.39. The van der Waals surface area contributed by atoms with Crippen molar-refractivity contribution in [2.24, 2.45) is 0 Å². The summed E-state index contributed by atoms with van der Waals surface area (Å²) in [5, 5.41) is 3.48. The average molecular weight is 403 g/mol. The lowest BCUT2D eigenvalue weighted by atomic mass is 10.1. The zero-order valence-corrected chi connectivity index (χ0v) is 15.1. The maximum absolute atomic E-state index is 12.6. The van der Waals surface area contributed by atoms with Gasteiger partial charge in [0.15, 0.2) is 0 Å².